The highest BCUT2D eigenvalue weighted by atomic mass is 16.5. The lowest BCUT2D eigenvalue weighted by molar-refractivity contribution is 0.372. The van der Waals surface area contributed by atoms with Gasteiger partial charge in [0.25, 0.3) is 0 Å². The van der Waals surface area contributed by atoms with Crippen molar-refractivity contribution in [3.63, 3.8) is 0 Å². The Morgan fingerprint density at radius 2 is 1.65 bits per heavy atom. The van der Waals surface area contributed by atoms with Gasteiger partial charge in [0.15, 0.2) is 11.8 Å². The smallest absolute Gasteiger partial charge is 0.223 e. The minimum absolute atomic E-state index is 0.0497. The van der Waals surface area contributed by atoms with Crippen LogP contribution < -0.4 is 26.7 Å². The van der Waals surface area contributed by atoms with Gasteiger partial charge in [-0.25, -0.2) is 4.99 Å². The van der Waals surface area contributed by atoms with Crippen LogP contribution in [0.4, 0.5) is 5.69 Å². The van der Waals surface area contributed by atoms with Crippen LogP contribution >= 0.6 is 0 Å². The molecule has 9 nitrogen and oxygen atoms in total. The monoisotopic (exact) mass is 315 g/mol. The molecular weight excluding hydrogens is 298 g/mol. The van der Waals surface area contributed by atoms with Gasteiger partial charge in [-0.15, -0.1) is 0 Å². The summed E-state index contributed by atoms with van der Waals surface area (Å²) in [6, 6.07) is 8.68. The zero-order valence-corrected chi connectivity index (χ0v) is 12.7. The summed E-state index contributed by atoms with van der Waals surface area (Å²) in [4.78, 5) is 16.3. The highest BCUT2D eigenvalue weighted by Gasteiger charge is 2.08. The Morgan fingerprint density at radius 3 is 2.22 bits per heavy atom. The van der Waals surface area contributed by atoms with Gasteiger partial charge in [0.2, 0.25) is 17.7 Å². The summed E-state index contributed by atoms with van der Waals surface area (Å²) in [7, 11) is 3.03. The van der Waals surface area contributed by atoms with E-state index in [1.54, 1.807) is 24.3 Å². The van der Waals surface area contributed by atoms with Crippen molar-refractivity contribution < 1.29 is 9.47 Å². The number of aromatic nitrogens is 2. The quantitative estimate of drug-likeness (QED) is 0.545. The predicted molar refractivity (Wildman–Crippen MR) is 87.7 cm³/mol. The molecule has 0 radical (unpaired) electrons. The van der Waals surface area contributed by atoms with Gasteiger partial charge in [-0.05, 0) is 12.1 Å². The molecule has 1 aromatic heterocycles. The Bertz CT molecular complexity index is 732. The van der Waals surface area contributed by atoms with Crippen LogP contribution in [0.1, 0.15) is 0 Å². The number of methoxy groups -OCH3 is 2. The second-order valence-electron chi connectivity index (χ2n) is 4.33. The topological polar surface area (TPSA) is 147 Å². The first-order valence-corrected chi connectivity index (χ1v) is 6.53. The van der Waals surface area contributed by atoms with E-state index in [2.05, 4.69) is 20.0 Å². The normalized spacial score (nSPS) is 11.0. The van der Waals surface area contributed by atoms with Crippen LogP contribution in [0.15, 0.2) is 40.3 Å². The molecule has 0 saturated carbocycles. The number of guanidine groups is 2. The van der Waals surface area contributed by atoms with Gasteiger partial charge >= 0.3 is 0 Å². The van der Waals surface area contributed by atoms with Crippen LogP contribution in [0.25, 0.3) is 11.4 Å². The Hall–Kier alpha value is -3.36. The van der Waals surface area contributed by atoms with Crippen molar-refractivity contribution in [2.45, 2.75) is 0 Å². The fourth-order valence-corrected chi connectivity index (χ4v) is 1.75. The van der Waals surface area contributed by atoms with Gasteiger partial charge in [0, 0.05) is 5.56 Å². The average Bonchev–Trinajstić information content (AvgIpc) is 2.53. The van der Waals surface area contributed by atoms with Crippen molar-refractivity contribution >= 4 is 17.6 Å². The number of ether oxygens (including phenoxy) is 2. The largest absolute Gasteiger partial charge is 0.481 e. The highest BCUT2D eigenvalue weighted by molar-refractivity contribution is 5.93. The van der Waals surface area contributed by atoms with Gasteiger partial charge in [0.1, 0.15) is 0 Å². The SMILES string of the molecule is COc1cc(OC)nc(-c2cccc(N=C(N)N=C(N)N)c2)n1. The fraction of sp³-hybridized carbons (Fsp3) is 0.143. The van der Waals surface area contributed by atoms with Gasteiger partial charge in [0.05, 0.1) is 26.0 Å². The highest BCUT2D eigenvalue weighted by Crippen LogP contribution is 2.25. The maximum absolute atomic E-state index is 5.62. The van der Waals surface area contributed by atoms with E-state index < -0.39 is 0 Å². The number of hydrogen-bond donors (Lipinski definition) is 3. The van der Waals surface area contributed by atoms with Crippen LogP contribution in [-0.2, 0) is 0 Å². The molecule has 0 saturated heterocycles. The van der Waals surface area contributed by atoms with Crippen LogP contribution in [0, 0.1) is 0 Å². The Labute approximate surface area is 132 Å². The van der Waals surface area contributed by atoms with E-state index in [4.69, 9.17) is 26.7 Å². The molecule has 0 fully saturated rings. The average molecular weight is 315 g/mol. The molecule has 9 heteroatoms. The molecule has 0 aliphatic rings. The molecule has 0 amide bonds. The number of nitrogens with zero attached hydrogens (tertiary/aromatic N) is 4. The van der Waals surface area contributed by atoms with Gasteiger partial charge in [-0.2, -0.15) is 15.0 Å². The number of benzene rings is 1. The fourth-order valence-electron chi connectivity index (χ4n) is 1.75. The molecule has 0 unspecified atom stereocenters. The van der Waals surface area contributed by atoms with Crippen LogP contribution in [-0.4, -0.2) is 36.1 Å². The van der Waals surface area contributed by atoms with Crippen LogP contribution in [0.3, 0.4) is 0 Å². The van der Waals surface area contributed by atoms with Gasteiger partial charge in [-0.1, -0.05) is 12.1 Å². The summed E-state index contributed by atoms with van der Waals surface area (Å²) in [6.45, 7) is 0. The Kier molecular flexibility index (Phi) is 4.92. The van der Waals surface area contributed by atoms with E-state index in [0.29, 0.717) is 28.8 Å². The third kappa shape index (κ3) is 4.30. The summed E-state index contributed by atoms with van der Waals surface area (Å²) in [5.41, 5.74) is 17.4. The van der Waals surface area contributed by atoms with Crippen molar-refractivity contribution in [3.8, 4) is 23.1 Å². The second kappa shape index (κ2) is 7.07. The lowest BCUT2D eigenvalue weighted by Gasteiger charge is -2.07. The molecule has 0 aliphatic carbocycles. The molecule has 120 valence electrons. The van der Waals surface area contributed by atoms with Crippen LogP contribution in [0.5, 0.6) is 11.8 Å². The third-order valence-electron chi connectivity index (χ3n) is 2.69. The van der Waals surface area contributed by atoms with Crippen molar-refractivity contribution in [3.05, 3.63) is 30.3 Å². The first-order valence-electron chi connectivity index (χ1n) is 6.53. The molecule has 2 aromatic rings. The number of nitrogens with two attached hydrogens (primary N) is 3. The summed E-state index contributed by atoms with van der Waals surface area (Å²) in [5.74, 6) is 0.995. The zero-order chi connectivity index (χ0) is 16.8. The summed E-state index contributed by atoms with van der Waals surface area (Å²) >= 11 is 0. The van der Waals surface area contributed by atoms with Crippen molar-refractivity contribution in [1.82, 2.24) is 9.97 Å². The minimum Gasteiger partial charge on any atom is -0.481 e. The number of rotatable bonds is 4. The first-order chi connectivity index (χ1) is 11.0. The lowest BCUT2D eigenvalue weighted by Crippen LogP contribution is -2.26. The first kappa shape index (κ1) is 16.0. The van der Waals surface area contributed by atoms with E-state index in [1.807, 2.05) is 6.07 Å². The minimum atomic E-state index is -0.164. The van der Waals surface area contributed by atoms with Gasteiger partial charge in [-0.3, -0.25) is 0 Å². The van der Waals surface area contributed by atoms with E-state index in [1.165, 1.54) is 14.2 Å². The van der Waals surface area contributed by atoms with E-state index in [-0.39, 0.29) is 11.9 Å². The van der Waals surface area contributed by atoms with E-state index in [0.717, 1.165) is 0 Å². The maximum atomic E-state index is 5.62. The summed E-state index contributed by atoms with van der Waals surface area (Å²) < 4.78 is 10.3. The molecule has 6 N–H and O–H groups in total. The Balaban J connectivity index is 2.42. The van der Waals surface area contributed by atoms with E-state index >= 15 is 0 Å². The molecule has 23 heavy (non-hydrogen) atoms. The molecule has 0 spiro atoms. The summed E-state index contributed by atoms with van der Waals surface area (Å²) in [6.07, 6.45) is 0. The lowest BCUT2D eigenvalue weighted by atomic mass is 10.2. The molecule has 1 heterocycles. The molecule has 0 atom stereocenters. The predicted octanol–water partition coefficient (Wildman–Crippen LogP) is 0.380. The zero-order valence-electron chi connectivity index (χ0n) is 12.7. The standard InChI is InChI=1S/C14H17N7O2/c1-22-10-7-11(23-2)20-12(19-10)8-4-3-5-9(6-8)18-14(17)21-13(15)16/h3-7H,1-2H3,(H6,15,16,17,18,21). The molecule has 0 aliphatic heterocycles. The van der Waals surface area contributed by atoms with Crippen molar-refractivity contribution in [2.75, 3.05) is 14.2 Å². The van der Waals surface area contributed by atoms with Crippen molar-refractivity contribution in [2.24, 2.45) is 27.2 Å². The molecule has 2 rings (SSSR count). The number of aliphatic imine (C=N–C) groups is 2. The Morgan fingerprint density at radius 1 is 1.00 bits per heavy atom. The van der Waals surface area contributed by atoms with Crippen molar-refractivity contribution in [1.29, 1.82) is 0 Å². The molecule has 0 bridgehead atoms. The van der Waals surface area contributed by atoms with E-state index in [9.17, 15) is 0 Å². The molecular formula is C14H17N7O2. The van der Waals surface area contributed by atoms with Crippen LogP contribution in [0.2, 0.25) is 0 Å². The van der Waals surface area contributed by atoms with Gasteiger partial charge < -0.3 is 26.7 Å². The third-order valence-corrected chi connectivity index (χ3v) is 2.69. The second-order valence-corrected chi connectivity index (χ2v) is 4.33. The molecule has 1 aromatic carbocycles. The number of hydrogen-bond acceptors (Lipinski definition) is 5. The summed E-state index contributed by atoms with van der Waals surface area (Å²) in [5, 5.41) is 0. The maximum Gasteiger partial charge on any atom is 0.223 e.